The SMILES string of the molecule is CC(C)=CCN(CC(=O)N1CCCC1)Cc1ccccc1. The van der Waals surface area contributed by atoms with Crippen LogP contribution in [0, 0.1) is 0 Å². The fourth-order valence-corrected chi connectivity index (χ4v) is 2.60. The van der Waals surface area contributed by atoms with Gasteiger partial charge in [0.2, 0.25) is 5.91 Å². The van der Waals surface area contributed by atoms with E-state index >= 15 is 0 Å². The summed E-state index contributed by atoms with van der Waals surface area (Å²) in [6, 6.07) is 10.4. The van der Waals surface area contributed by atoms with Crippen molar-refractivity contribution in [2.45, 2.75) is 33.2 Å². The number of allylic oxidation sites excluding steroid dienone is 1. The van der Waals surface area contributed by atoms with E-state index in [2.05, 4.69) is 49.1 Å². The number of hydrogen-bond donors (Lipinski definition) is 0. The van der Waals surface area contributed by atoms with Crippen molar-refractivity contribution in [1.82, 2.24) is 9.80 Å². The van der Waals surface area contributed by atoms with E-state index in [9.17, 15) is 4.79 Å². The first-order valence-corrected chi connectivity index (χ1v) is 7.82. The Hall–Kier alpha value is -1.61. The third kappa shape index (κ3) is 5.35. The maximum Gasteiger partial charge on any atom is 0.236 e. The van der Waals surface area contributed by atoms with E-state index in [1.165, 1.54) is 11.1 Å². The molecule has 1 aliphatic heterocycles. The average Bonchev–Trinajstić information content (AvgIpc) is 3.00. The molecule has 0 aliphatic carbocycles. The molecule has 1 heterocycles. The predicted octanol–water partition coefficient (Wildman–Crippen LogP) is 3.08. The molecule has 0 saturated carbocycles. The van der Waals surface area contributed by atoms with E-state index in [0.717, 1.165) is 39.0 Å². The van der Waals surface area contributed by atoms with Gasteiger partial charge in [0.15, 0.2) is 0 Å². The van der Waals surface area contributed by atoms with Crippen LogP contribution in [0.2, 0.25) is 0 Å². The van der Waals surface area contributed by atoms with Crippen LogP contribution in [0.5, 0.6) is 0 Å². The van der Waals surface area contributed by atoms with Gasteiger partial charge in [-0.25, -0.2) is 0 Å². The molecule has 0 bridgehead atoms. The van der Waals surface area contributed by atoms with Gasteiger partial charge in [-0.15, -0.1) is 0 Å². The average molecular weight is 286 g/mol. The lowest BCUT2D eigenvalue weighted by Gasteiger charge is -2.24. The third-order valence-corrected chi connectivity index (χ3v) is 3.82. The van der Waals surface area contributed by atoms with Gasteiger partial charge in [-0.05, 0) is 32.3 Å². The molecule has 1 aromatic carbocycles. The molecule has 3 heteroatoms. The molecule has 0 aromatic heterocycles. The van der Waals surface area contributed by atoms with Crippen molar-refractivity contribution in [2.75, 3.05) is 26.2 Å². The summed E-state index contributed by atoms with van der Waals surface area (Å²) in [6.45, 7) is 8.23. The maximum atomic E-state index is 12.4. The fraction of sp³-hybridized carbons (Fsp3) is 0.500. The van der Waals surface area contributed by atoms with Gasteiger partial charge in [-0.2, -0.15) is 0 Å². The Balaban J connectivity index is 1.97. The van der Waals surface area contributed by atoms with Crippen LogP contribution in [-0.2, 0) is 11.3 Å². The van der Waals surface area contributed by atoms with Gasteiger partial charge >= 0.3 is 0 Å². The molecule has 1 aromatic rings. The molecule has 114 valence electrons. The zero-order valence-electron chi connectivity index (χ0n) is 13.2. The summed E-state index contributed by atoms with van der Waals surface area (Å²) in [4.78, 5) is 16.6. The summed E-state index contributed by atoms with van der Waals surface area (Å²) in [5, 5.41) is 0. The minimum atomic E-state index is 0.269. The van der Waals surface area contributed by atoms with Gasteiger partial charge in [-0.3, -0.25) is 9.69 Å². The zero-order chi connectivity index (χ0) is 15.1. The number of amides is 1. The standard InChI is InChI=1S/C18H26N2O/c1-16(2)10-13-19(14-17-8-4-3-5-9-17)15-18(21)20-11-6-7-12-20/h3-5,8-10H,6-7,11-15H2,1-2H3. The van der Waals surface area contributed by atoms with E-state index in [4.69, 9.17) is 0 Å². The van der Waals surface area contributed by atoms with E-state index in [1.54, 1.807) is 0 Å². The molecular weight excluding hydrogens is 260 g/mol. The first-order chi connectivity index (χ1) is 10.1. The molecule has 1 fully saturated rings. The molecule has 1 amide bonds. The van der Waals surface area contributed by atoms with Crippen molar-refractivity contribution in [2.24, 2.45) is 0 Å². The van der Waals surface area contributed by atoms with Gasteiger partial charge in [0.25, 0.3) is 0 Å². The zero-order valence-corrected chi connectivity index (χ0v) is 13.2. The molecule has 0 atom stereocenters. The highest BCUT2D eigenvalue weighted by atomic mass is 16.2. The molecule has 2 rings (SSSR count). The van der Waals surface area contributed by atoms with Crippen molar-refractivity contribution in [3.8, 4) is 0 Å². The van der Waals surface area contributed by atoms with Crippen LogP contribution in [0.25, 0.3) is 0 Å². The Morgan fingerprint density at radius 3 is 2.48 bits per heavy atom. The molecule has 0 N–H and O–H groups in total. The van der Waals surface area contributed by atoms with E-state index in [0.29, 0.717) is 6.54 Å². The minimum absolute atomic E-state index is 0.269. The van der Waals surface area contributed by atoms with Crippen molar-refractivity contribution >= 4 is 5.91 Å². The smallest absolute Gasteiger partial charge is 0.236 e. The van der Waals surface area contributed by atoms with Gasteiger partial charge < -0.3 is 4.90 Å². The van der Waals surface area contributed by atoms with Crippen molar-refractivity contribution < 1.29 is 4.79 Å². The summed E-state index contributed by atoms with van der Waals surface area (Å²) in [7, 11) is 0. The van der Waals surface area contributed by atoms with Crippen LogP contribution < -0.4 is 0 Å². The van der Waals surface area contributed by atoms with Crippen LogP contribution in [0.3, 0.4) is 0 Å². The lowest BCUT2D eigenvalue weighted by molar-refractivity contribution is -0.131. The van der Waals surface area contributed by atoms with Crippen molar-refractivity contribution in [3.05, 3.63) is 47.5 Å². The summed E-state index contributed by atoms with van der Waals surface area (Å²) >= 11 is 0. The minimum Gasteiger partial charge on any atom is -0.342 e. The summed E-state index contributed by atoms with van der Waals surface area (Å²) in [6.07, 6.45) is 4.50. The molecule has 1 aliphatic rings. The molecule has 21 heavy (non-hydrogen) atoms. The number of carbonyl (C=O) groups excluding carboxylic acids is 1. The second-order valence-corrected chi connectivity index (χ2v) is 6.02. The Bertz CT molecular complexity index is 471. The van der Waals surface area contributed by atoms with Crippen LogP contribution in [0.15, 0.2) is 42.0 Å². The highest BCUT2D eigenvalue weighted by Crippen LogP contribution is 2.10. The van der Waals surface area contributed by atoms with Crippen LogP contribution in [-0.4, -0.2) is 41.9 Å². The predicted molar refractivity (Wildman–Crippen MR) is 87.0 cm³/mol. The van der Waals surface area contributed by atoms with Crippen LogP contribution in [0.1, 0.15) is 32.3 Å². The summed E-state index contributed by atoms with van der Waals surface area (Å²) in [5.41, 5.74) is 2.55. The molecule has 3 nitrogen and oxygen atoms in total. The van der Waals surface area contributed by atoms with Crippen molar-refractivity contribution in [1.29, 1.82) is 0 Å². The maximum absolute atomic E-state index is 12.4. The second kappa shape index (κ2) is 7.99. The van der Waals surface area contributed by atoms with E-state index < -0.39 is 0 Å². The molecular formula is C18H26N2O. The van der Waals surface area contributed by atoms with E-state index in [-0.39, 0.29) is 5.91 Å². The lowest BCUT2D eigenvalue weighted by atomic mass is 10.2. The number of nitrogens with zero attached hydrogens (tertiary/aromatic N) is 2. The Kier molecular flexibility index (Phi) is 6.00. The molecule has 0 radical (unpaired) electrons. The first kappa shape index (κ1) is 15.8. The third-order valence-electron chi connectivity index (χ3n) is 3.82. The second-order valence-electron chi connectivity index (χ2n) is 6.02. The molecule has 0 spiro atoms. The highest BCUT2D eigenvalue weighted by molar-refractivity contribution is 5.78. The van der Waals surface area contributed by atoms with Crippen LogP contribution >= 0.6 is 0 Å². The van der Waals surface area contributed by atoms with Gasteiger partial charge in [-0.1, -0.05) is 42.0 Å². The van der Waals surface area contributed by atoms with Crippen LogP contribution in [0.4, 0.5) is 0 Å². The summed E-state index contributed by atoms with van der Waals surface area (Å²) in [5.74, 6) is 0.269. The number of likely N-dealkylation sites (tertiary alicyclic amines) is 1. The molecule has 1 saturated heterocycles. The Labute approximate surface area is 128 Å². The van der Waals surface area contributed by atoms with Gasteiger partial charge in [0, 0.05) is 26.2 Å². The first-order valence-electron chi connectivity index (χ1n) is 7.82. The lowest BCUT2D eigenvalue weighted by Crippen LogP contribution is -2.38. The monoisotopic (exact) mass is 286 g/mol. The largest absolute Gasteiger partial charge is 0.342 e. The van der Waals surface area contributed by atoms with E-state index in [1.807, 2.05) is 11.0 Å². The number of carbonyl (C=O) groups is 1. The Morgan fingerprint density at radius 1 is 1.19 bits per heavy atom. The Morgan fingerprint density at radius 2 is 1.86 bits per heavy atom. The topological polar surface area (TPSA) is 23.6 Å². The summed E-state index contributed by atoms with van der Waals surface area (Å²) < 4.78 is 0. The quantitative estimate of drug-likeness (QED) is 0.750. The van der Waals surface area contributed by atoms with Crippen molar-refractivity contribution in [3.63, 3.8) is 0 Å². The number of benzene rings is 1. The number of rotatable bonds is 6. The normalized spacial score (nSPS) is 14.5. The fourth-order valence-electron chi connectivity index (χ4n) is 2.60. The molecule has 0 unspecified atom stereocenters. The van der Waals surface area contributed by atoms with Gasteiger partial charge in [0.05, 0.1) is 6.54 Å². The highest BCUT2D eigenvalue weighted by Gasteiger charge is 2.20. The number of hydrogen-bond acceptors (Lipinski definition) is 2. The van der Waals surface area contributed by atoms with Gasteiger partial charge in [0.1, 0.15) is 0 Å².